The summed E-state index contributed by atoms with van der Waals surface area (Å²) in [4.78, 5) is 0. The van der Waals surface area contributed by atoms with Gasteiger partial charge in [-0.05, 0) is 53.4 Å². The van der Waals surface area contributed by atoms with Gasteiger partial charge < -0.3 is 10.1 Å². The van der Waals surface area contributed by atoms with Crippen molar-refractivity contribution < 1.29 is 4.74 Å². The topological polar surface area (TPSA) is 21.3 Å². The van der Waals surface area contributed by atoms with Gasteiger partial charge in [0, 0.05) is 5.54 Å². The minimum atomic E-state index is -0.129. The maximum absolute atomic E-state index is 5.43. The van der Waals surface area contributed by atoms with Gasteiger partial charge in [-0.25, -0.2) is 0 Å². The normalized spacial score (nSPS) is 11.1. The molecule has 0 atom stereocenters. The average Bonchev–Trinajstić information content (AvgIpc) is 2.06. The van der Waals surface area contributed by atoms with E-state index in [0.717, 1.165) is 0 Å². The van der Waals surface area contributed by atoms with E-state index in [-0.39, 0.29) is 11.1 Å². The molecule has 0 aliphatic rings. The van der Waals surface area contributed by atoms with Crippen molar-refractivity contribution in [1.29, 1.82) is 0 Å². The van der Waals surface area contributed by atoms with Gasteiger partial charge in [-0.2, -0.15) is 0 Å². The van der Waals surface area contributed by atoms with E-state index in [1.165, 1.54) is 0 Å². The van der Waals surface area contributed by atoms with Crippen molar-refractivity contribution in [3.63, 3.8) is 0 Å². The Morgan fingerprint density at radius 1 is 0.938 bits per heavy atom. The Morgan fingerprint density at radius 3 is 2.00 bits per heavy atom. The zero-order chi connectivity index (χ0) is 12.7. The van der Waals surface area contributed by atoms with Crippen molar-refractivity contribution in [1.82, 2.24) is 5.32 Å². The minimum Gasteiger partial charge on any atom is -0.363 e. The van der Waals surface area contributed by atoms with E-state index in [4.69, 9.17) is 4.74 Å². The Morgan fingerprint density at radius 2 is 1.50 bits per heavy atom. The maximum Gasteiger partial charge on any atom is 0.109 e. The summed E-state index contributed by atoms with van der Waals surface area (Å²) in [5, 5.41) is 3.26. The van der Waals surface area contributed by atoms with Crippen LogP contribution in [0.5, 0.6) is 0 Å². The zero-order valence-electron chi connectivity index (χ0n) is 11.3. The zero-order valence-corrected chi connectivity index (χ0v) is 11.3. The predicted octanol–water partition coefficient (Wildman–Crippen LogP) is 2.20. The first-order chi connectivity index (χ1) is 7.21. The number of nitrogens with one attached hydrogen (secondary N) is 1. The van der Waals surface area contributed by atoms with Crippen molar-refractivity contribution in [2.75, 3.05) is 13.2 Å². The van der Waals surface area contributed by atoms with E-state index < -0.39 is 0 Å². The van der Waals surface area contributed by atoms with Crippen LogP contribution in [0.3, 0.4) is 0 Å². The minimum absolute atomic E-state index is 0.109. The largest absolute Gasteiger partial charge is 0.363 e. The van der Waals surface area contributed by atoms with Gasteiger partial charge in [0.2, 0.25) is 0 Å². The lowest BCUT2D eigenvalue weighted by Crippen LogP contribution is -2.35. The fourth-order valence-corrected chi connectivity index (χ4v) is 0.731. The van der Waals surface area contributed by atoms with E-state index in [1.54, 1.807) is 0 Å². The highest BCUT2D eigenvalue weighted by atomic mass is 16.5. The van der Waals surface area contributed by atoms with Crippen molar-refractivity contribution in [3.05, 3.63) is 0 Å². The number of hydrogen-bond acceptors (Lipinski definition) is 2. The molecule has 16 heavy (non-hydrogen) atoms. The second-order valence-corrected chi connectivity index (χ2v) is 5.61. The Labute approximate surface area is 100 Å². The van der Waals surface area contributed by atoms with Crippen LogP contribution < -0.4 is 5.32 Å². The highest BCUT2D eigenvalue weighted by Gasteiger charge is 2.07. The van der Waals surface area contributed by atoms with Crippen molar-refractivity contribution in [2.24, 2.45) is 0 Å². The molecule has 0 aliphatic carbocycles. The third-order valence-electron chi connectivity index (χ3n) is 1.52. The summed E-state index contributed by atoms with van der Waals surface area (Å²) < 4.78 is 5.43. The summed E-state index contributed by atoms with van der Waals surface area (Å²) in [5.41, 5.74) is -0.0205. The molecule has 0 heterocycles. The van der Waals surface area contributed by atoms with Gasteiger partial charge in [0.05, 0.1) is 12.1 Å². The molecule has 0 radical (unpaired) electrons. The molecule has 2 nitrogen and oxygen atoms in total. The van der Waals surface area contributed by atoms with Gasteiger partial charge >= 0.3 is 0 Å². The van der Waals surface area contributed by atoms with E-state index in [9.17, 15) is 0 Å². The lowest BCUT2D eigenvalue weighted by molar-refractivity contribution is 0.0181. The third-order valence-corrected chi connectivity index (χ3v) is 1.52. The molecule has 0 bridgehead atoms. The molecule has 0 aliphatic heterocycles. The van der Waals surface area contributed by atoms with Crippen LogP contribution in [0, 0.1) is 23.7 Å². The first-order valence-corrected chi connectivity index (χ1v) is 5.55. The fraction of sp³-hybridized carbons (Fsp3) is 0.714. The SMILES string of the molecule is CC(C)(C)NCC#CC#CCOC(C)(C)C. The highest BCUT2D eigenvalue weighted by Crippen LogP contribution is 2.04. The van der Waals surface area contributed by atoms with Gasteiger partial charge in [-0.15, -0.1) is 0 Å². The Hall–Kier alpha value is -0.960. The second kappa shape index (κ2) is 6.59. The van der Waals surface area contributed by atoms with Crippen LogP contribution in [0.2, 0.25) is 0 Å². The van der Waals surface area contributed by atoms with Crippen LogP contribution in [-0.2, 0) is 4.74 Å². The van der Waals surface area contributed by atoms with E-state index >= 15 is 0 Å². The fourth-order valence-electron chi connectivity index (χ4n) is 0.731. The summed E-state index contributed by atoms with van der Waals surface area (Å²) in [6.07, 6.45) is 0. The smallest absolute Gasteiger partial charge is 0.109 e. The van der Waals surface area contributed by atoms with Crippen molar-refractivity contribution in [2.45, 2.75) is 52.7 Å². The Kier molecular flexibility index (Phi) is 6.19. The van der Waals surface area contributed by atoms with Crippen LogP contribution >= 0.6 is 0 Å². The number of hydrogen-bond donors (Lipinski definition) is 1. The number of rotatable bonds is 2. The molecule has 2 heteroatoms. The molecule has 0 aromatic rings. The molecule has 0 unspecified atom stereocenters. The molecule has 0 spiro atoms. The van der Waals surface area contributed by atoms with Gasteiger partial charge in [0.25, 0.3) is 0 Å². The summed E-state index contributed by atoms with van der Waals surface area (Å²) >= 11 is 0. The monoisotopic (exact) mass is 221 g/mol. The Balaban J connectivity index is 3.73. The molecular formula is C14H23NO. The van der Waals surface area contributed by atoms with Crippen LogP contribution in [0.4, 0.5) is 0 Å². The summed E-state index contributed by atoms with van der Waals surface area (Å²) in [5.74, 6) is 11.4. The van der Waals surface area contributed by atoms with Crippen LogP contribution in [0.25, 0.3) is 0 Å². The van der Waals surface area contributed by atoms with Crippen LogP contribution in [-0.4, -0.2) is 24.3 Å². The van der Waals surface area contributed by atoms with E-state index in [1.807, 2.05) is 20.8 Å². The first-order valence-electron chi connectivity index (χ1n) is 5.55. The lowest BCUT2D eigenvalue weighted by atomic mass is 10.1. The van der Waals surface area contributed by atoms with Gasteiger partial charge in [0.1, 0.15) is 6.61 Å². The van der Waals surface area contributed by atoms with Gasteiger partial charge in [-0.1, -0.05) is 11.8 Å². The molecule has 90 valence electrons. The maximum atomic E-state index is 5.43. The average molecular weight is 221 g/mol. The van der Waals surface area contributed by atoms with Crippen molar-refractivity contribution >= 4 is 0 Å². The van der Waals surface area contributed by atoms with Crippen LogP contribution in [0.1, 0.15) is 41.5 Å². The first kappa shape index (κ1) is 15.0. The van der Waals surface area contributed by atoms with Crippen LogP contribution in [0.15, 0.2) is 0 Å². The highest BCUT2D eigenvalue weighted by molar-refractivity contribution is 5.26. The molecule has 0 saturated heterocycles. The molecular weight excluding hydrogens is 198 g/mol. The van der Waals surface area contributed by atoms with Crippen molar-refractivity contribution in [3.8, 4) is 23.7 Å². The molecule has 0 saturated carbocycles. The second-order valence-electron chi connectivity index (χ2n) is 5.61. The third kappa shape index (κ3) is 13.0. The summed E-state index contributed by atoms with van der Waals surface area (Å²) in [6.45, 7) is 13.4. The molecule has 1 N–H and O–H groups in total. The summed E-state index contributed by atoms with van der Waals surface area (Å²) in [7, 11) is 0. The molecule has 0 fully saturated rings. The summed E-state index contributed by atoms with van der Waals surface area (Å²) in [6, 6.07) is 0. The molecule has 0 aromatic heterocycles. The van der Waals surface area contributed by atoms with E-state index in [2.05, 4.69) is 49.8 Å². The predicted molar refractivity (Wildman–Crippen MR) is 69.0 cm³/mol. The number of ether oxygens (including phenoxy) is 1. The lowest BCUT2D eigenvalue weighted by Gasteiger charge is -2.17. The van der Waals surface area contributed by atoms with Gasteiger partial charge in [0.15, 0.2) is 0 Å². The molecule has 0 rings (SSSR count). The quantitative estimate of drug-likeness (QED) is 0.722. The molecule has 0 amide bonds. The van der Waals surface area contributed by atoms with Gasteiger partial charge in [-0.3, -0.25) is 0 Å². The Bertz CT molecular complexity index is 275. The standard InChI is InChI=1S/C14H23NO/c1-13(2,3)15-11-9-7-8-10-12-16-14(4,5)6/h15H,11-12H2,1-6H3. The van der Waals surface area contributed by atoms with E-state index in [0.29, 0.717) is 13.2 Å². The molecule has 0 aromatic carbocycles.